The first-order valence-electron chi connectivity index (χ1n) is 6.52. The summed E-state index contributed by atoms with van der Waals surface area (Å²) in [6, 6.07) is 0. The van der Waals surface area contributed by atoms with Crippen molar-refractivity contribution in [2.45, 2.75) is 47.6 Å². The second kappa shape index (κ2) is 7.45. The summed E-state index contributed by atoms with van der Waals surface area (Å²) in [6.45, 7) is 0. The van der Waals surface area contributed by atoms with E-state index in [2.05, 4.69) is 0 Å². The Morgan fingerprint density at radius 1 is 0.469 bits per heavy atom. The number of carbonyl (C=O) groups is 1. The van der Waals surface area contributed by atoms with E-state index in [9.17, 15) is 88.2 Å². The Morgan fingerprint density at radius 2 is 0.719 bits per heavy atom. The fourth-order valence-corrected chi connectivity index (χ4v) is 1.65. The molecule has 2 nitrogen and oxygen atoms in total. The van der Waals surface area contributed by atoms with Crippen molar-refractivity contribution in [1.29, 1.82) is 0 Å². The molecule has 0 aliphatic heterocycles. The Kier molecular flexibility index (Phi) is 6.96. The van der Waals surface area contributed by atoms with Crippen LogP contribution >= 0.6 is 0 Å². The highest BCUT2D eigenvalue weighted by Gasteiger charge is 2.95. The van der Waals surface area contributed by atoms with E-state index in [1.807, 2.05) is 0 Å². The third-order valence-corrected chi connectivity index (χ3v) is 3.44. The molecule has 0 rings (SSSR count). The third-order valence-electron chi connectivity index (χ3n) is 3.44. The summed E-state index contributed by atoms with van der Waals surface area (Å²) in [5.74, 6) is -64.2. The van der Waals surface area contributed by atoms with Crippen LogP contribution in [-0.4, -0.2) is 58.7 Å². The van der Waals surface area contributed by atoms with Gasteiger partial charge in [-0.3, -0.25) is 0 Å². The van der Waals surface area contributed by atoms with Crippen LogP contribution in [0.5, 0.6) is 0 Å². The normalized spacial score (nSPS) is 15.6. The van der Waals surface area contributed by atoms with Crippen molar-refractivity contribution >= 4 is 5.97 Å². The van der Waals surface area contributed by atoms with Crippen LogP contribution in [0.25, 0.3) is 0 Å². The molecule has 0 bridgehead atoms. The highest BCUT2D eigenvalue weighted by Crippen LogP contribution is 2.64. The maximum absolute atomic E-state index is 13.3. The summed E-state index contributed by atoms with van der Waals surface area (Å²) < 4.78 is 243. The molecule has 0 amide bonds. The van der Waals surface area contributed by atoms with E-state index in [4.69, 9.17) is 5.11 Å². The van der Waals surface area contributed by atoms with Crippen molar-refractivity contribution in [1.82, 2.24) is 0 Å². The van der Waals surface area contributed by atoms with Crippen LogP contribution in [0.3, 0.4) is 0 Å². The first kappa shape index (κ1) is 29.9. The Bertz CT molecular complexity index is 769. The number of aliphatic carboxylic acids is 1. The minimum absolute atomic E-state index is 3.96. The first-order chi connectivity index (χ1) is 13.5. The lowest BCUT2D eigenvalue weighted by atomic mass is 9.87. The quantitative estimate of drug-likeness (QED) is 0.301. The molecule has 0 saturated carbocycles. The Balaban J connectivity index is 7.06. The average molecular weight is 526 g/mol. The molecule has 0 saturated heterocycles. The highest BCUT2D eigenvalue weighted by molar-refractivity contribution is 5.89. The number of rotatable bonds is 8. The molecule has 0 atom stereocenters. The predicted octanol–water partition coefficient (Wildman–Crippen LogP) is 6.23. The monoisotopic (exact) mass is 526 g/mol. The molecule has 0 spiro atoms. The van der Waals surface area contributed by atoms with Gasteiger partial charge in [-0.25, -0.2) is 4.79 Å². The zero-order valence-corrected chi connectivity index (χ0v) is 13.5. The van der Waals surface area contributed by atoms with E-state index in [-0.39, 0.29) is 0 Å². The molecule has 0 aromatic carbocycles. The fourth-order valence-electron chi connectivity index (χ4n) is 1.65. The smallest absolute Gasteiger partial charge is 0.460 e. The van der Waals surface area contributed by atoms with Gasteiger partial charge in [0.25, 0.3) is 6.08 Å². The molecule has 0 fully saturated rings. The van der Waals surface area contributed by atoms with Crippen LogP contribution in [0.4, 0.5) is 83.4 Å². The van der Waals surface area contributed by atoms with Gasteiger partial charge in [-0.1, -0.05) is 0 Å². The summed E-state index contributed by atoms with van der Waals surface area (Å²) in [7, 11) is 0. The standard InChI is InChI=1S/C11HF19O2/c12-2(13)1(3(31)32)4(14,15)5(16,17)6(18,19)7(20,21)8(22,23)9(24,25)10(26,27)11(28,29)30/h(H,31,32). The van der Waals surface area contributed by atoms with Crippen LogP contribution in [0.15, 0.2) is 11.7 Å². The van der Waals surface area contributed by atoms with Gasteiger partial charge in [0.2, 0.25) is 0 Å². The molecule has 0 aromatic rings. The van der Waals surface area contributed by atoms with E-state index in [0.29, 0.717) is 0 Å². The molecule has 0 aliphatic carbocycles. The molecule has 0 radical (unpaired) electrons. The van der Waals surface area contributed by atoms with E-state index < -0.39 is 65.3 Å². The number of carboxylic acid groups (broad SMARTS) is 1. The van der Waals surface area contributed by atoms with Gasteiger partial charge >= 0.3 is 53.6 Å². The van der Waals surface area contributed by atoms with Crippen LogP contribution in [0, 0.1) is 0 Å². The fraction of sp³-hybridized carbons (Fsp3) is 0.727. The lowest BCUT2D eigenvalue weighted by molar-refractivity contribution is -0.460. The van der Waals surface area contributed by atoms with Crippen molar-refractivity contribution < 1.29 is 93.3 Å². The zero-order chi connectivity index (χ0) is 26.7. The van der Waals surface area contributed by atoms with Gasteiger partial charge < -0.3 is 5.11 Å². The molecule has 190 valence electrons. The third kappa shape index (κ3) is 3.59. The Morgan fingerprint density at radius 3 is 0.938 bits per heavy atom. The van der Waals surface area contributed by atoms with Crippen molar-refractivity contribution in [2.75, 3.05) is 0 Å². The van der Waals surface area contributed by atoms with Crippen molar-refractivity contribution in [3.63, 3.8) is 0 Å². The van der Waals surface area contributed by atoms with E-state index in [1.165, 1.54) is 0 Å². The maximum Gasteiger partial charge on any atom is 0.460 e. The van der Waals surface area contributed by atoms with Crippen LogP contribution in [0.1, 0.15) is 0 Å². The summed E-state index contributed by atoms with van der Waals surface area (Å²) >= 11 is 0. The topological polar surface area (TPSA) is 37.3 Å². The summed E-state index contributed by atoms with van der Waals surface area (Å²) in [6.07, 6.45) is -12.5. The summed E-state index contributed by atoms with van der Waals surface area (Å²) in [5.41, 5.74) is -4.45. The maximum atomic E-state index is 13.3. The van der Waals surface area contributed by atoms with Gasteiger partial charge in [-0.2, -0.15) is 83.4 Å². The molecule has 0 aliphatic rings. The van der Waals surface area contributed by atoms with E-state index >= 15 is 0 Å². The summed E-state index contributed by atoms with van der Waals surface area (Å²) in [5, 5.41) is 7.92. The van der Waals surface area contributed by atoms with Crippen molar-refractivity contribution in [3.8, 4) is 0 Å². The second-order valence-corrected chi connectivity index (χ2v) is 5.46. The van der Waals surface area contributed by atoms with E-state index in [1.54, 1.807) is 0 Å². The van der Waals surface area contributed by atoms with Gasteiger partial charge in [0.15, 0.2) is 5.57 Å². The van der Waals surface area contributed by atoms with Crippen molar-refractivity contribution in [2.24, 2.45) is 0 Å². The molecule has 1 N–H and O–H groups in total. The number of alkyl halides is 17. The lowest BCUT2D eigenvalue weighted by Crippen LogP contribution is -2.74. The van der Waals surface area contributed by atoms with Gasteiger partial charge in [0.1, 0.15) is 0 Å². The van der Waals surface area contributed by atoms with Crippen LogP contribution in [-0.2, 0) is 4.79 Å². The lowest BCUT2D eigenvalue weighted by Gasteiger charge is -2.42. The van der Waals surface area contributed by atoms with Crippen molar-refractivity contribution in [3.05, 3.63) is 11.7 Å². The Hall–Kier alpha value is -2.12. The van der Waals surface area contributed by atoms with E-state index in [0.717, 1.165) is 0 Å². The number of hydrogen-bond acceptors (Lipinski definition) is 1. The molecular weight excluding hydrogens is 525 g/mol. The molecule has 0 aromatic heterocycles. The molecule has 0 heterocycles. The number of hydrogen-bond donors (Lipinski definition) is 1. The SMILES string of the molecule is O=C(O)C(=C(F)F)C(F)(F)C(F)(F)C(F)(F)C(F)(F)C(F)(F)C(F)(F)C(F)(F)C(F)(F)F. The van der Waals surface area contributed by atoms with Gasteiger partial charge in [-0.05, 0) is 0 Å². The minimum atomic E-state index is -8.98. The molecule has 21 heteroatoms. The zero-order valence-electron chi connectivity index (χ0n) is 13.5. The van der Waals surface area contributed by atoms with Gasteiger partial charge in [0.05, 0.1) is 0 Å². The molecular formula is C11HF19O2. The summed E-state index contributed by atoms with van der Waals surface area (Å²) in [4.78, 5) is 10.1. The first-order valence-corrected chi connectivity index (χ1v) is 6.52. The average Bonchev–Trinajstić information content (AvgIpc) is 2.51. The van der Waals surface area contributed by atoms with Crippen LogP contribution < -0.4 is 0 Å². The Labute approximate surface area is 160 Å². The van der Waals surface area contributed by atoms with Crippen LogP contribution in [0.2, 0.25) is 0 Å². The number of halogens is 19. The molecule has 32 heavy (non-hydrogen) atoms. The minimum Gasteiger partial charge on any atom is -0.478 e. The largest absolute Gasteiger partial charge is 0.478 e. The number of carboxylic acids is 1. The predicted molar refractivity (Wildman–Crippen MR) is 57.6 cm³/mol. The van der Waals surface area contributed by atoms with Gasteiger partial charge in [0, 0.05) is 0 Å². The second-order valence-electron chi connectivity index (χ2n) is 5.46. The highest BCUT2D eigenvalue weighted by atomic mass is 19.4. The molecule has 0 unspecified atom stereocenters. The van der Waals surface area contributed by atoms with Gasteiger partial charge in [-0.15, -0.1) is 0 Å².